The van der Waals surface area contributed by atoms with E-state index in [4.69, 9.17) is 4.74 Å². The Hall–Kier alpha value is -2.31. The van der Waals surface area contributed by atoms with Gasteiger partial charge in [-0.1, -0.05) is 47.2 Å². The topological polar surface area (TPSA) is 43.6 Å². The van der Waals surface area contributed by atoms with Gasteiger partial charge < -0.3 is 9.30 Å². The van der Waals surface area contributed by atoms with Crippen molar-refractivity contribution in [2.45, 2.75) is 19.9 Å². The molecule has 0 aliphatic heterocycles. The largest absolute Gasteiger partial charge is 0.383 e. The van der Waals surface area contributed by atoms with Gasteiger partial charge in [0.1, 0.15) is 5.82 Å². The van der Waals surface area contributed by atoms with Crippen molar-refractivity contribution in [1.29, 1.82) is 0 Å². The molecule has 0 spiro atoms. The Kier molecular flexibility index (Phi) is 5.40. The van der Waals surface area contributed by atoms with E-state index in [9.17, 15) is 9.18 Å². The maximum Gasteiger partial charge on any atom is 0.252 e. The number of nitrogens with zero attached hydrogens (tertiary/aromatic N) is 2. The molecule has 0 saturated carbocycles. The van der Waals surface area contributed by atoms with E-state index in [1.165, 1.54) is 17.4 Å². The first-order valence-corrected chi connectivity index (χ1v) is 8.80. The van der Waals surface area contributed by atoms with Crippen molar-refractivity contribution in [3.63, 3.8) is 0 Å². The van der Waals surface area contributed by atoms with Crippen molar-refractivity contribution in [2.75, 3.05) is 13.7 Å². The molecule has 130 valence electrons. The zero-order chi connectivity index (χ0) is 17.8. The van der Waals surface area contributed by atoms with Crippen LogP contribution in [0.25, 0.3) is 10.2 Å². The lowest BCUT2D eigenvalue weighted by Gasteiger charge is -2.05. The third-order valence-electron chi connectivity index (χ3n) is 3.87. The fourth-order valence-electron chi connectivity index (χ4n) is 2.59. The van der Waals surface area contributed by atoms with Gasteiger partial charge in [0.05, 0.1) is 23.2 Å². The zero-order valence-corrected chi connectivity index (χ0v) is 15.0. The summed E-state index contributed by atoms with van der Waals surface area (Å²) in [4.78, 5) is 17.1. The zero-order valence-electron chi connectivity index (χ0n) is 14.2. The lowest BCUT2D eigenvalue weighted by atomic mass is 10.1. The molecule has 0 aliphatic rings. The van der Waals surface area contributed by atoms with Crippen LogP contribution >= 0.6 is 11.3 Å². The molecule has 0 N–H and O–H groups in total. The van der Waals surface area contributed by atoms with Gasteiger partial charge in [-0.3, -0.25) is 4.79 Å². The summed E-state index contributed by atoms with van der Waals surface area (Å²) >= 11 is 1.31. The van der Waals surface area contributed by atoms with Gasteiger partial charge in [0.2, 0.25) is 0 Å². The minimum atomic E-state index is -0.322. The van der Waals surface area contributed by atoms with Crippen molar-refractivity contribution in [2.24, 2.45) is 4.99 Å². The van der Waals surface area contributed by atoms with Crippen LogP contribution in [0.4, 0.5) is 4.39 Å². The van der Waals surface area contributed by atoms with Gasteiger partial charge in [-0.25, -0.2) is 4.39 Å². The first-order valence-electron chi connectivity index (χ1n) is 7.98. The number of para-hydroxylation sites is 1. The summed E-state index contributed by atoms with van der Waals surface area (Å²) in [5.41, 5.74) is 2.52. The standard InChI is InChI=1S/C19H19FN2O2S/c1-13-6-8-14(9-7-13)12-17(23)21-19-22(10-11-24-2)18-15(20)4-3-5-16(18)25-19/h3-9H,10-12H2,1-2H3. The molecule has 0 bridgehead atoms. The lowest BCUT2D eigenvalue weighted by Crippen LogP contribution is -2.20. The molecule has 6 heteroatoms. The molecule has 2 aromatic carbocycles. The maximum absolute atomic E-state index is 14.2. The van der Waals surface area contributed by atoms with Crippen molar-refractivity contribution in [1.82, 2.24) is 4.57 Å². The first kappa shape index (κ1) is 17.5. The van der Waals surface area contributed by atoms with Gasteiger partial charge in [-0.2, -0.15) is 4.99 Å². The molecule has 25 heavy (non-hydrogen) atoms. The Balaban J connectivity index is 1.98. The second-order valence-corrected chi connectivity index (χ2v) is 6.79. The highest BCUT2D eigenvalue weighted by Crippen LogP contribution is 2.20. The number of carbonyl (C=O) groups excluding carboxylic acids is 1. The molecular weight excluding hydrogens is 339 g/mol. The van der Waals surface area contributed by atoms with E-state index in [0.29, 0.717) is 23.5 Å². The van der Waals surface area contributed by atoms with Gasteiger partial charge in [-0.05, 0) is 24.6 Å². The Morgan fingerprint density at radius 3 is 2.72 bits per heavy atom. The van der Waals surface area contributed by atoms with Crippen LogP contribution in [0.3, 0.4) is 0 Å². The van der Waals surface area contributed by atoms with Crippen molar-refractivity contribution in [3.05, 3.63) is 64.2 Å². The van der Waals surface area contributed by atoms with E-state index in [1.54, 1.807) is 17.7 Å². The van der Waals surface area contributed by atoms with E-state index in [1.807, 2.05) is 37.3 Å². The van der Waals surface area contributed by atoms with Crippen LogP contribution in [-0.2, 0) is 22.5 Å². The van der Waals surface area contributed by atoms with Crippen molar-refractivity contribution >= 4 is 27.5 Å². The number of aryl methyl sites for hydroxylation is 1. The number of fused-ring (bicyclic) bond motifs is 1. The summed E-state index contributed by atoms with van der Waals surface area (Å²) in [7, 11) is 1.59. The molecule has 1 aromatic heterocycles. The number of aromatic nitrogens is 1. The number of methoxy groups -OCH3 is 1. The Morgan fingerprint density at radius 2 is 2.00 bits per heavy atom. The van der Waals surface area contributed by atoms with Gasteiger partial charge in [0, 0.05) is 13.7 Å². The normalized spacial score (nSPS) is 12.0. The fraction of sp³-hybridized carbons (Fsp3) is 0.263. The number of carbonyl (C=O) groups is 1. The second kappa shape index (κ2) is 7.72. The summed E-state index contributed by atoms with van der Waals surface area (Å²) in [5, 5.41) is 0. The number of ether oxygens (including phenoxy) is 1. The van der Waals surface area contributed by atoms with Crippen molar-refractivity contribution < 1.29 is 13.9 Å². The number of amides is 1. The van der Waals surface area contributed by atoms with Gasteiger partial charge >= 0.3 is 0 Å². The molecule has 1 amide bonds. The molecule has 0 radical (unpaired) electrons. The average molecular weight is 358 g/mol. The maximum atomic E-state index is 14.2. The fourth-order valence-corrected chi connectivity index (χ4v) is 3.68. The summed E-state index contributed by atoms with van der Waals surface area (Å²) in [6.07, 6.45) is 0.223. The van der Waals surface area contributed by atoms with E-state index >= 15 is 0 Å². The van der Waals surface area contributed by atoms with E-state index in [0.717, 1.165) is 15.8 Å². The minimum Gasteiger partial charge on any atom is -0.383 e. The third kappa shape index (κ3) is 4.03. The summed E-state index contributed by atoms with van der Waals surface area (Å²) in [6.45, 7) is 2.86. The number of halogens is 1. The average Bonchev–Trinajstić information content (AvgIpc) is 2.93. The molecular formula is C19H19FN2O2S. The smallest absolute Gasteiger partial charge is 0.252 e. The highest BCUT2D eigenvalue weighted by molar-refractivity contribution is 7.16. The minimum absolute atomic E-state index is 0.223. The van der Waals surface area contributed by atoms with Crippen LogP contribution in [0.1, 0.15) is 11.1 Å². The van der Waals surface area contributed by atoms with Crippen LogP contribution in [0.2, 0.25) is 0 Å². The first-order chi connectivity index (χ1) is 12.1. The van der Waals surface area contributed by atoms with Crippen LogP contribution in [0.5, 0.6) is 0 Å². The Morgan fingerprint density at radius 1 is 1.24 bits per heavy atom. The highest BCUT2D eigenvalue weighted by Gasteiger charge is 2.12. The molecule has 4 nitrogen and oxygen atoms in total. The molecule has 3 rings (SSSR count). The number of hydrogen-bond acceptors (Lipinski definition) is 3. The number of rotatable bonds is 5. The van der Waals surface area contributed by atoms with Gasteiger partial charge in [0.25, 0.3) is 5.91 Å². The number of hydrogen-bond donors (Lipinski definition) is 0. The van der Waals surface area contributed by atoms with E-state index < -0.39 is 0 Å². The van der Waals surface area contributed by atoms with Crippen LogP contribution in [0.15, 0.2) is 47.5 Å². The lowest BCUT2D eigenvalue weighted by molar-refractivity contribution is -0.117. The number of thiazole rings is 1. The van der Waals surface area contributed by atoms with E-state index in [2.05, 4.69) is 4.99 Å². The SMILES string of the molecule is COCCn1c(=NC(=O)Cc2ccc(C)cc2)sc2cccc(F)c21. The summed E-state index contributed by atoms with van der Waals surface area (Å²) < 4.78 is 21.8. The molecule has 3 aromatic rings. The molecule has 0 aliphatic carbocycles. The number of benzene rings is 2. The quantitative estimate of drug-likeness (QED) is 0.701. The monoisotopic (exact) mass is 358 g/mol. The Labute approximate surface area is 149 Å². The summed E-state index contributed by atoms with van der Waals surface area (Å²) in [5.74, 6) is -0.570. The van der Waals surface area contributed by atoms with E-state index in [-0.39, 0.29) is 18.1 Å². The Bertz CT molecular complexity index is 958. The molecule has 0 fully saturated rings. The second-order valence-electron chi connectivity index (χ2n) is 5.78. The molecule has 0 unspecified atom stereocenters. The van der Waals surface area contributed by atoms with Gasteiger partial charge in [0.15, 0.2) is 4.80 Å². The van der Waals surface area contributed by atoms with Crippen LogP contribution < -0.4 is 4.80 Å². The highest BCUT2D eigenvalue weighted by atomic mass is 32.1. The van der Waals surface area contributed by atoms with Gasteiger partial charge in [-0.15, -0.1) is 0 Å². The van der Waals surface area contributed by atoms with Crippen LogP contribution in [0, 0.1) is 12.7 Å². The predicted molar refractivity (Wildman–Crippen MR) is 97.1 cm³/mol. The third-order valence-corrected chi connectivity index (χ3v) is 4.91. The predicted octanol–water partition coefficient (Wildman–Crippen LogP) is 3.47. The molecule has 0 atom stereocenters. The summed E-state index contributed by atoms with van der Waals surface area (Å²) in [6, 6.07) is 12.7. The van der Waals surface area contributed by atoms with Crippen LogP contribution in [-0.4, -0.2) is 24.2 Å². The molecule has 0 saturated heterocycles. The molecule has 1 heterocycles. The van der Waals surface area contributed by atoms with Crippen molar-refractivity contribution in [3.8, 4) is 0 Å².